The highest BCUT2D eigenvalue weighted by molar-refractivity contribution is 6.45. The second-order valence-corrected chi connectivity index (χ2v) is 5.36. The number of hydrogen-bond donors (Lipinski definition) is 0. The average molecular weight is 182 g/mol. The molecule has 1 aliphatic carbocycles. The zero-order valence-corrected chi connectivity index (χ0v) is 9.09. The SMILES string of the molecule is CC1(C)OB(CC2CC2)OC1(C)C. The zero-order chi connectivity index (χ0) is 9.69. The van der Waals surface area contributed by atoms with Crippen LogP contribution in [-0.2, 0) is 9.31 Å². The first kappa shape index (κ1) is 9.54. The van der Waals surface area contributed by atoms with Gasteiger partial charge >= 0.3 is 7.12 Å². The molecule has 0 aromatic rings. The van der Waals surface area contributed by atoms with Crippen LogP contribution in [0.1, 0.15) is 40.5 Å². The Kier molecular flexibility index (Phi) is 2.01. The molecule has 3 heteroatoms. The Morgan fingerprint density at radius 3 is 1.92 bits per heavy atom. The Bertz CT molecular complexity index is 193. The second kappa shape index (κ2) is 2.74. The minimum absolute atomic E-state index is 0.0394. The van der Waals surface area contributed by atoms with Crippen LogP contribution in [0.5, 0.6) is 0 Å². The van der Waals surface area contributed by atoms with Gasteiger partial charge in [-0.3, -0.25) is 0 Å². The van der Waals surface area contributed by atoms with E-state index in [1.807, 2.05) is 0 Å². The summed E-state index contributed by atoms with van der Waals surface area (Å²) in [5.74, 6) is 0.870. The lowest BCUT2D eigenvalue weighted by Crippen LogP contribution is -2.41. The molecule has 0 amide bonds. The molecule has 2 nitrogen and oxygen atoms in total. The molecule has 1 saturated heterocycles. The number of rotatable bonds is 2. The van der Waals surface area contributed by atoms with Crippen molar-refractivity contribution >= 4 is 7.12 Å². The third-order valence-corrected chi connectivity index (χ3v) is 3.52. The second-order valence-electron chi connectivity index (χ2n) is 5.36. The summed E-state index contributed by atoms with van der Waals surface area (Å²) in [4.78, 5) is 0. The maximum Gasteiger partial charge on any atom is 0.458 e. The Morgan fingerprint density at radius 1 is 1.08 bits per heavy atom. The predicted molar refractivity (Wildman–Crippen MR) is 53.6 cm³/mol. The number of hydrogen-bond acceptors (Lipinski definition) is 2. The monoisotopic (exact) mass is 182 g/mol. The Balaban J connectivity index is 1.96. The molecule has 2 aliphatic rings. The molecule has 0 bridgehead atoms. The van der Waals surface area contributed by atoms with E-state index in [1.165, 1.54) is 12.8 Å². The predicted octanol–water partition coefficient (Wildman–Crippen LogP) is 2.49. The van der Waals surface area contributed by atoms with E-state index in [0.29, 0.717) is 0 Å². The fourth-order valence-corrected chi connectivity index (χ4v) is 1.69. The van der Waals surface area contributed by atoms with Crippen molar-refractivity contribution in [1.82, 2.24) is 0 Å². The summed E-state index contributed by atoms with van der Waals surface area (Å²) in [5, 5.41) is 0. The van der Waals surface area contributed by atoms with Crippen molar-refractivity contribution in [2.45, 2.75) is 58.1 Å². The highest BCUT2D eigenvalue weighted by Crippen LogP contribution is 2.42. The quantitative estimate of drug-likeness (QED) is 0.610. The molecule has 1 heterocycles. The summed E-state index contributed by atoms with van der Waals surface area (Å²) < 4.78 is 11.8. The highest BCUT2D eigenvalue weighted by atomic mass is 16.7. The minimum Gasteiger partial charge on any atom is -0.403 e. The molecule has 0 aromatic carbocycles. The summed E-state index contributed by atoms with van der Waals surface area (Å²) >= 11 is 0. The van der Waals surface area contributed by atoms with Gasteiger partial charge in [-0.1, -0.05) is 12.8 Å². The first-order chi connectivity index (χ1) is 5.91. The molecule has 0 radical (unpaired) electrons. The van der Waals surface area contributed by atoms with Crippen molar-refractivity contribution < 1.29 is 9.31 Å². The Hall–Kier alpha value is -0.0151. The van der Waals surface area contributed by atoms with Crippen molar-refractivity contribution in [3.8, 4) is 0 Å². The van der Waals surface area contributed by atoms with E-state index in [0.717, 1.165) is 12.2 Å². The summed E-state index contributed by atoms with van der Waals surface area (Å²) in [7, 11) is 0.0394. The first-order valence-corrected chi connectivity index (χ1v) is 5.26. The summed E-state index contributed by atoms with van der Waals surface area (Å²) in [6.07, 6.45) is 3.82. The van der Waals surface area contributed by atoms with Gasteiger partial charge in [0.1, 0.15) is 0 Å². The van der Waals surface area contributed by atoms with E-state index < -0.39 is 0 Å². The molecule has 2 fully saturated rings. The van der Waals surface area contributed by atoms with Crippen molar-refractivity contribution in [3.63, 3.8) is 0 Å². The molecular formula is C10H19BO2. The molecule has 0 N–H and O–H groups in total. The van der Waals surface area contributed by atoms with Gasteiger partial charge in [0.05, 0.1) is 11.2 Å². The molecule has 0 aromatic heterocycles. The van der Waals surface area contributed by atoms with Gasteiger partial charge in [0, 0.05) is 0 Å². The lowest BCUT2D eigenvalue weighted by atomic mass is 9.82. The van der Waals surface area contributed by atoms with Crippen molar-refractivity contribution in [1.29, 1.82) is 0 Å². The van der Waals surface area contributed by atoms with Gasteiger partial charge in [0.2, 0.25) is 0 Å². The lowest BCUT2D eigenvalue weighted by molar-refractivity contribution is 0.00578. The van der Waals surface area contributed by atoms with E-state index in [1.54, 1.807) is 0 Å². The first-order valence-electron chi connectivity index (χ1n) is 5.26. The zero-order valence-electron chi connectivity index (χ0n) is 9.09. The van der Waals surface area contributed by atoms with Gasteiger partial charge in [-0.25, -0.2) is 0 Å². The third kappa shape index (κ3) is 1.77. The van der Waals surface area contributed by atoms with Crippen molar-refractivity contribution in [3.05, 3.63) is 0 Å². The molecule has 1 aliphatic heterocycles. The van der Waals surface area contributed by atoms with Gasteiger partial charge in [-0.15, -0.1) is 0 Å². The van der Waals surface area contributed by atoms with Crippen molar-refractivity contribution in [2.24, 2.45) is 5.92 Å². The molecule has 2 rings (SSSR count). The van der Waals surface area contributed by atoms with Crippen LogP contribution in [0.15, 0.2) is 0 Å². The summed E-state index contributed by atoms with van der Waals surface area (Å²) in [5.41, 5.74) is -0.293. The van der Waals surface area contributed by atoms with E-state index in [2.05, 4.69) is 27.7 Å². The molecule has 1 saturated carbocycles. The van der Waals surface area contributed by atoms with E-state index in [4.69, 9.17) is 9.31 Å². The minimum atomic E-state index is -0.146. The van der Waals surface area contributed by atoms with E-state index in [-0.39, 0.29) is 18.3 Å². The maximum absolute atomic E-state index is 5.89. The normalized spacial score (nSPS) is 30.9. The molecule has 13 heavy (non-hydrogen) atoms. The standard InChI is InChI=1S/C10H19BO2/c1-9(2)10(3,4)13-11(12-9)7-8-5-6-8/h8H,5-7H2,1-4H3. The van der Waals surface area contributed by atoms with Gasteiger partial charge < -0.3 is 9.31 Å². The Morgan fingerprint density at radius 2 is 1.54 bits per heavy atom. The van der Waals surface area contributed by atoms with Gasteiger partial charge in [0.15, 0.2) is 0 Å². The average Bonchev–Trinajstić information content (AvgIpc) is 2.64. The van der Waals surface area contributed by atoms with Gasteiger partial charge in [-0.05, 0) is 39.9 Å². The van der Waals surface area contributed by atoms with Crippen LogP contribution in [0.2, 0.25) is 6.32 Å². The van der Waals surface area contributed by atoms with Gasteiger partial charge in [0.25, 0.3) is 0 Å². The maximum atomic E-state index is 5.89. The fourth-order valence-electron chi connectivity index (χ4n) is 1.69. The third-order valence-electron chi connectivity index (χ3n) is 3.52. The van der Waals surface area contributed by atoms with Crippen LogP contribution in [0.3, 0.4) is 0 Å². The van der Waals surface area contributed by atoms with Crippen LogP contribution < -0.4 is 0 Å². The van der Waals surface area contributed by atoms with Crippen LogP contribution in [0.4, 0.5) is 0 Å². The highest BCUT2D eigenvalue weighted by Gasteiger charge is 2.51. The molecule has 0 atom stereocenters. The van der Waals surface area contributed by atoms with Crippen LogP contribution in [0.25, 0.3) is 0 Å². The van der Waals surface area contributed by atoms with E-state index >= 15 is 0 Å². The van der Waals surface area contributed by atoms with Crippen LogP contribution in [-0.4, -0.2) is 18.3 Å². The lowest BCUT2D eigenvalue weighted by Gasteiger charge is -2.32. The fraction of sp³-hybridized carbons (Fsp3) is 1.00. The topological polar surface area (TPSA) is 18.5 Å². The smallest absolute Gasteiger partial charge is 0.403 e. The van der Waals surface area contributed by atoms with E-state index in [9.17, 15) is 0 Å². The largest absolute Gasteiger partial charge is 0.458 e. The van der Waals surface area contributed by atoms with Crippen LogP contribution >= 0.6 is 0 Å². The molecule has 0 spiro atoms. The van der Waals surface area contributed by atoms with Crippen LogP contribution in [0, 0.1) is 5.92 Å². The summed E-state index contributed by atoms with van der Waals surface area (Å²) in [6, 6.07) is 0. The van der Waals surface area contributed by atoms with Crippen molar-refractivity contribution in [2.75, 3.05) is 0 Å². The van der Waals surface area contributed by atoms with Gasteiger partial charge in [-0.2, -0.15) is 0 Å². The Labute approximate surface area is 81.1 Å². The summed E-state index contributed by atoms with van der Waals surface area (Å²) in [6.45, 7) is 8.44. The molecular weight excluding hydrogens is 163 g/mol. The molecule has 0 unspecified atom stereocenters. The molecule has 74 valence electrons.